The third kappa shape index (κ3) is 11.2. The summed E-state index contributed by atoms with van der Waals surface area (Å²) in [5, 5.41) is 42.3. The van der Waals surface area contributed by atoms with Gasteiger partial charge in [-0.15, -0.1) is 0 Å². The number of hydrogen-bond acceptors (Lipinski definition) is 16. The normalized spacial score (nSPS) is 15.7. The number of fused-ring (bicyclic) bond motifs is 10. The molecule has 4 aliphatic rings. The Morgan fingerprint density at radius 1 is 0.346 bits per heavy atom. The summed E-state index contributed by atoms with van der Waals surface area (Å²) in [7, 11) is 7.88. The first-order valence-electron chi connectivity index (χ1n) is 34.9. The minimum atomic E-state index is -0.0922. The number of hydrogen-bond donors (Lipinski definition) is 0. The second-order valence-electron chi connectivity index (χ2n) is 27.6. The smallest absolute Gasteiger partial charge is 0.227 e. The lowest BCUT2D eigenvalue weighted by Gasteiger charge is -2.32. The van der Waals surface area contributed by atoms with Crippen LogP contribution in [0.2, 0.25) is 0 Å². The topological polar surface area (TPSA) is 191 Å². The van der Waals surface area contributed by atoms with Gasteiger partial charge < -0.3 is 48.0 Å². The van der Waals surface area contributed by atoms with E-state index in [2.05, 4.69) is 203 Å². The largest absolute Gasteiger partial charge is 0.438 e. The average Bonchev–Trinajstić information content (AvgIpc) is 1.61. The standard InChI is InChI=1S/2C23H17N5O.C21H22N4.C20H20N4/c1-13-7-9-16-17-6-5-11-26-23(17)29-22(16)19(13)28-14(2)27(4)20-15(12-24)8-10-18(25-3)21(20)28;1-13-10-17-16-6-5-9-26-23(16)29-20(17)11-19(13)28-14(2)27(4)21-15(12-24)7-8-18(25-3)22(21)28;1-12-10-13(2)19(15(4)14(12)3)25-16(5)24(7)20-17(11-22)8-9-18(23-6)21(20)25;1-12-7-8-13(2)18(14(12)3)24-15(4)23(6)19-16(11-21)9-10-17(22-5)20(19)24/h2*5-11,14H,1-2,4H3;8-10,16H,1-5,7H3;7-10,15H,1-4,6H3/t2*14-;16-;15-/m0000/s1. The highest BCUT2D eigenvalue weighted by molar-refractivity contribution is 6.12. The summed E-state index contributed by atoms with van der Waals surface area (Å²) in [5.74, 6) is 0. The van der Waals surface area contributed by atoms with Crippen LogP contribution in [-0.2, 0) is 0 Å². The van der Waals surface area contributed by atoms with Crippen molar-refractivity contribution in [1.29, 1.82) is 21.0 Å². The number of aryl methyl sites for hydroxylation is 6. The zero-order chi connectivity index (χ0) is 76.6. The summed E-state index contributed by atoms with van der Waals surface area (Å²) in [4.78, 5) is 40.6. The van der Waals surface area contributed by atoms with Crippen molar-refractivity contribution in [2.75, 3.05) is 67.4 Å². The van der Waals surface area contributed by atoms with Gasteiger partial charge >= 0.3 is 0 Å². The molecule has 12 aromatic rings. The molecule has 4 aromatic heterocycles. The fourth-order valence-corrected chi connectivity index (χ4v) is 15.8. The average molecular weight is 1410 g/mol. The molecule has 20 heteroatoms. The lowest BCUT2D eigenvalue weighted by atomic mass is 9.97. The van der Waals surface area contributed by atoms with Gasteiger partial charge in [-0.25, -0.2) is 29.3 Å². The van der Waals surface area contributed by atoms with Crippen LogP contribution in [0.3, 0.4) is 0 Å². The Kier molecular flexibility index (Phi) is 18.4. The van der Waals surface area contributed by atoms with E-state index in [4.69, 9.17) is 35.1 Å². The molecule has 0 saturated carbocycles. The summed E-state index contributed by atoms with van der Waals surface area (Å²) in [6, 6.07) is 45.5. The van der Waals surface area contributed by atoms with Crippen LogP contribution in [0, 0.1) is 134 Å². The van der Waals surface area contributed by atoms with E-state index in [0.29, 0.717) is 56.4 Å². The van der Waals surface area contributed by atoms with Crippen LogP contribution in [0.1, 0.15) is 100 Å². The van der Waals surface area contributed by atoms with Crippen molar-refractivity contribution in [2.45, 2.75) is 115 Å². The van der Waals surface area contributed by atoms with Gasteiger partial charge in [0, 0.05) is 85.3 Å². The van der Waals surface area contributed by atoms with Gasteiger partial charge in [-0.3, -0.25) is 0 Å². The molecule has 0 saturated heterocycles. The predicted octanol–water partition coefficient (Wildman–Crippen LogP) is 21.5. The first kappa shape index (κ1) is 71.4. The Morgan fingerprint density at radius 3 is 1.16 bits per heavy atom. The van der Waals surface area contributed by atoms with Crippen LogP contribution in [0.4, 0.5) is 91.0 Å². The molecule has 0 fully saturated rings. The molecule has 0 amide bonds. The zero-order valence-corrected chi connectivity index (χ0v) is 62.8. The van der Waals surface area contributed by atoms with Crippen molar-refractivity contribution in [2.24, 2.45) is 0 Å². The van der Waals surface area contributed by atoms with Crippen LogP contribution in [0.25, 0.3) is 63.5 Å². The molecule has 0 spiro atoms. The predicted molar refractivity (Wildman–Crippen MR) is 428 cm³/mol. The molecule has 8 aromatic carbocycles. The Balaban J connectivity index is 0.000000127. The fraction of sp³-hybridized carbons (Fsp3) is 0.241. The highest BCUT2D eigenvalue weighted by atomic mass is 16.3. The molecule has 0 aliphatic carbocycles. The first-order chi connectivity index (χ1) is 51.4. The van der Waals surface area contributed by atoms with Crippen LogP contribution < -0.4 is 39.2 Å². The van der Waals surface area contributed by atoms with Crippen molar-refractivity contribution >= 4 is 135 Å². The minimum Gasteiger partial charge on any atom is -0.438 e. The van der Waals surface area contributed by atoms with E-state index in [9.17, 15) is 21.0 Å². The van der Waals surface area contributed by atoms with Crippen LogP contribution in [0.15, 0.2) is 136 Å². The highest BCUT2D eigenvalue weighted by Crippen LogP contribution is 2.57. The van der Waals surface area contributed by atoms with Gasteiger partial charge in [0.1, 0.15) is 54.5 Å². The van der Waals surface area contributed by atoms with Gasteiger partial charge in [-0.05, 0) is 170 Å². The zero-order valence-electron chi connectivity index (χ0n) is 62.8. The third-order valence-electron chi connectivity index (χ3n) is 22.0. The monoisotopic (exact) mass is 1400 g/mol. The summed E-state index contributed by atoms with van der Waals surface area (Å²) >= 11 is 0. The number of anilines is 12. The number of furan rings is 2. The van der Waals surface area contributed by atoms with Gasteiger partial charge in [0.15, 0.2) is 5.58 Å². The Hall–Kier alpha value is -14.0. The summed E-state index contributed by atoms with van der Waals surface area (Å²) in [5.41, 5.74) is 28.5. The van der Waals surface area contributed by atoms with Gasteiger partial charge in [0.2, 0.25) is 34.2 Å². The van der Waals surface area contributed by atoms with E-state index >= 15 is 0 Å². The molecule has 16 rings (SSSR count). The fourth-order valence-electron chi connectivity index (χ4n) is 15.8. The van der Waals surface area contributed by atoms with E-state index < -0.39 is 0 Å². The van der Waals surface area contributed by atoms with E-state index in [1.807, 2.05) is 75.2 Å². The molecule has 20 nitrogen and oxygen atoms in total. The minimum absolute atomic E-state index is 0.0320. The molecule has 4 aliphatic heterocycles. The van der Waals surface area contributed by atoms with Crippen molar-refractivity contribution in [3.8, 4) is 24.3 Å². The maximum absolute atomic E-state index is 9.65. The van der Waals surface area contributed by atoms with Gasteiger partial charge in [-0.1, -0.05) is 78.9 Å². The van der Waals surface area contributed by atoms with E-state index in [1.165, 1.54) is 38.9 Å². The number of rotatable bonds is 4. The molecular formula is C87H76N18O2. The Morgan fingerprint density at radius 2 is 0.720 bits per heavy atom. The molecule has 4 atom stereocenters. The van der Waals surface area contributed by atoms with E-state index in [-0.39, 0.29) is 24.7 Å². The van der Waals surface area contributed by atoms with Gasteiger partial charge in [0.05, 0.1) is 99.7 Å². The lowest BCUT2D eigenvalue weighted by Crippen LogP contribution is -2.36. The third-order valence-corrected chi connectivity index (χ3v) is 22.0. The second-order valence-corrected chi connectivity index (χ2v) is 27.6. The molecule has 0 bridgehead atoms. The maximum Gasteiger partial charge on any atom is 0.227 e. The maximum atomic E-state index is 9.65. The summed E-state index contributed by atoms with van der Waals surface area (Å²) in [6.07, 6.45) is 3.36. The molecule has 8 heterocycles. The van der Waals surface area contributed by atoms with E-state index in [1.54, 1.807) is 60.9 Å². The molecule has 0 radical (unpaired) electrons. The number of benzene rings is 8. The Labute approximate surface area is 623 Å². The molecule has 107 heavy (non-hydrogen) atoms. The molecule has 0 N–H and O–H groups in total. The van der Waals surface area contributed by atoms with Gasteiger partial charge in [-0.2, -0.15) is 21.0 Å². The lowest BCUT2D eigenvalue weighted by molar-refractivity contribution is 0.648. The Bertz CT molecular complexity index is 6120. The summed E-state index contributed by atoms with van der Waals surface area (Å²) in [6.45, 7) is 57.8. The highest BCUT2D eigenvalue weighted by Gasteiger charge is 2.42. The SMILES string of the molecule is [C-]#[N+]c1ccc(C#N)c2c1N(c1c(C)cc(C)c(C)c1C)[C@@H](C)N2C.[C-]#[N+]c1ccc(C#N)c2c1N(c1c(C)ccc(C)c1C)[C@@H](C)N2C.[C-]#[N+]c1ccc(C#N)c2c1N(c1c(C)ccc3c1oc1ncccc13)[C@@H](C)N2C.[C-]#[N+]c1ccc(C#N)c2c1N(c1cc3oc4ncccc4c3cc1C)[C@@H](C)N2C. The van der Waals surface area contributed by atoms with Gasteiger partial charge in [0.25, 0.3) is 0 Å². The molecule has 526 valence electrons. The number of nitrogens with zero attached hydrogens (tertiary/aromatic N) is 18. The second kappa shape index (κ2) is 27.6. The van der Waals surface area contributed by atoms with Crippen LogP contribution in [-0.4, -0.2) is 62.8 Å². The van der Waals surface area contributed by atoms with E-state index in [0.717, 1.165) is 112 Å². The number of aromatic nitrogens is 2. The number of nitriles is 4. The van der Waals surface area contributed by atoms with Crippen LogP contribution in [0.5, 0.6) is 0 Å². The van der Waals surface area contributed by atoms with Crippen molar-refractivity contribution < 1.29 is 8.83 Å². The van der Waals surface area contributed by atoms with Crippen LogP contribution >= 0.6 is 0 Å². The molecular weight excluding hydrogens is 1330 g/mol. The van der Waals surface area contributed by atoms with Crippen molar-refractivity contribution in [3.05, 3.63) is 246 Å². The summed E-state index contributed by atoms with van der Waals surface area (Å²) < 4.78 is 12.2. The van der Waals surface area contributed by atoms with Crippen molar-refractivity contribution in [3.63, 3.8) is 0 Å². The van der Waals surface area contributed by atoms with Crippen molar-refractivity contribution in [1.82, 2.24) is 9.97 Å². The first-order valence-corrected chi connectivity index (χ1v) is 34.9. The quantitative estimate of drug-likeness (QED) is 0.151. The number of pyridine rings is 2. The molecule has 0 unspecified atom stereocenters.